The third kappa shape index (κ3) is 2.84. The van der Waals surface area contributed by atoms with E-state index in [2.05, 4.69) is 15.9 Å². The van der Waals surface area contributed by atoms with Gasteiger partial charge in [0.25, 0.3) is 0 Å². The van der Waals surface area contributed by atoms with Gasteiger partial charge in [-0.3, -0.25) is 4.79 Å². The van der Waals surface area contributed by atoms with Gasteiger partial charge in [-0.1, -0.05) is 41.1 Å². The summed E-state index contributed by atoms with van der Waals surface area (Å²) in [4.78, 5) is 11.1. The zero-order chi connectivity index (χ0) is 10.6. The maximum Gasteiger partial charge on any atom is 0.220 e. The van der Waals surface area contributed by atoms with Crippen LogP contribution in [0.25, 0.3) is 0 Å². The summed E-state index contributed by atoms with van der Waals surface area (Å²) in [6.07, 6.45) is 1.50. The molecule has 0 aromatic heterocycles. The summed E-state index contributed by atoms with van der Waals surface area (Å²) in [5, 5.41) is 0. The van der Waals surface area contributed by atoms with Gasteiger partial charge in [-0.2, -0.15) is 0 Å². The highest BCUT2D eigenvalue weighted by Crippen LogP contribution is 2.20. The third-order valence-corrected chi connectivity index (χ3v) is 3.09. The van der Waals surface area contributed by atoms with Crippen molar-refractivity contribution in [3.05, 3.63) is 34.3 Å². The SMILES string of the molecule is CCC(Cc1ccccc1Br)C(N)=O. The van der Waals surface area contributed by atoms with Crippen molar-refractivity contribution in [2.75, 3.05) is 0 Å². The molecule has 2 nitrogen and oxygen atoms in total. The molecule has 1 aromatic rings. The van der Waals surface area contributed by atoms with Crippen molar-refractivity contribution in [2.45, 2.75) is 19.8 Å². The molecule has 0 aliphatic heterocycles. The number of nitrogens with two attached hydrogens (primary N) is 1. The molecule has 0 aliphatic carbocycles. The predicted octanol–water partition coefficient (Wildman–Crippen LogP) is 2.50. The Kier molecular flexibility index (Phi) is 4.14. The van der Waals surface area contributed by atoms with E-state index in [1.54, 1.807) is 0 Å². The zero-order valence-electron chi connectivity index (χ0n) is 8.16. The van der Waals surface area contributed by atoms with Crippen LogP contribution in [0.4, 0.5) is 0 Å². The third-order valence-electron chi connectivity index (χ3n) is 2.32. The van der Waals surface area contributed by atoms with Crippen LogP contribution in [0.1, 0.15) is 18.9 Å². The predicted molar refractivity (Wildman–Crippen MR) is 60.8 cm³/mol. The highest BCUT2D eigenvalue weighted by Gasteiger charge is 2.14. The Morgan fingerprint density at radius 2 is 2.14 bits per heavy atom. The summed E-state index contributed by atoms with van der Waals surface area (Å²) >= 11 is 3.45. The van der Waals surface area contributed by atoms with Crippen LogP contribution in [0.5, 0.6) is 0 Å². The van der Waals surface area contributed by atoms with E-state index >= 15 is 0 Å². The summed E-state index contributed by atoms with van der Waals surface area (Å²) in [6.45, 7) is 1.98. The Morgan fingerprint density at radius 3 is 2.64 bits per heavy atom. The number of carbonyl (C=O) groups excluding carboxylic acids is 1. The first-order chi connectivity index (χ1) is 6.65. The van der Waals surface area contributed by atoms with Gasteiger partial charge in [0.15, 0.2) is 0 Å². The number of halogens is 1. The number of benzene rings is 1. The van der Waals surface area contributed by atoms with Crippen molar-refractivity contribution < 1.29 is 4.79 Å². The Hall–Kier alpha value is -0.830. The van der Waals surface area contributed by atoms with E-state index in [9.17, 15) is 4.79 Å². The molecule has 1 amide bonds. The first-order valence-electron chi connectivity index (χ1n) is 4.67. The van der Waals surface area contributed by atoms with E-state index in [1.807, 2.05) is 31.2 Å². The van der Waals surface area contributed by atoms with E-state index in [-0.39, 0.29) is 11.8 Å². The first-order valence-corrected chi connectivity index (χ1v) is 5.47. The van der Waals surface area contributed by atoms with Crippen LogP contribution in [0, 0.1) is 5.92 Å². The summed E-state index contributed by atoms with van der Waals surface area (Å²) in [7, 11) is 0. The standard InChI is InChI=1S/C11H14BrNO/c1-2-8(11(13)14)7-9-5-3-4-6-10(9)12/h3-6,8H,2,7H2,1H3,(H2,13,14). The number of rotatable bonds is 4. The molecule has 0 fully saturated rings. The molecule has 0 saturated carbocycles. The average molecular weight is 256 g/mol. The van der Waals surface area contributed by atoms with E-state index in [0.29, 0.717) is 6.42 Å². The highest BCUT2D eigenvalue weighted by atomic mass is 79.9. The minimum absolute atomic E-state index is 0.0614. The van der Waals surface area contributed by atoms with Gasteiger partial charge in [0.05, 0.1) is 0 Å². The maximum absolute atomic E-state index is 11.1. The van der Waals surface area contributed by atoms with Crippen LogP contribution < -0.4 is 5.73 Å². The second-order valence-corrected chi connectivity index (χ2v) is 4.16. The van der Waals surface area contributed by atoms with E-state index in [1.165, 1.54) is 0 Å². The fraction of sp³-hybridized carbons (Fsp3) is 0.364. The number of primary amides is 1. The van der Waals surface area contributed by atoms with Crippen molar-refractivity contribution >= 4 is 21.8 Å². The quantitative estimate of drug-likeness (QED) is 0.883. The lowest BCUT2D eigenvalue weighted by atomic mass is 9.96. The fourth-order valence-corrected chi connectivity index (χ4v) is 1.82. The van der Waals surface area contributed by atoms with E-state index in [0.717, 1.165) is 16.5 Å². The summed E-state index contributed by atoms with van der Waals surface area (Å²) in [6, 6.07) is 7.91. The molecule has 14 heavy (non-hydrogen) atoms. The summed E-state index contributed by atoms with van der Waals surface area (Å²) in [5.41, 5.74) is 6.43. The molecule has 0 saturated heterocycles. The monoisotopic (exact) mass is 255 g/mol. The molecular weight excluding hydrogens is 242 g/mol. The van der Waals surface area contributed by atoms with Gasteiger partial charge in [0.2, 0.25) is 5.91 Å². The maximum atomic E-state index is 11.1. The molecule has 76 valence electrons. The van der Waals surface area contributed by atoms with Crippen molar-refractivity contribution in [1.29, 1.82) is 0 Å². The first kappa shape index (κ1) is 11.2. The van der Waals surface area contributed by atoms with Crippen molar-refractivity contribution in [2.24, 2.45) is 11.7 Å². The molecule has 3 heteroatoms. The number of carbonyl (C=O) groups is 1. The van der Waals surface area contributed by atoms with Crippen LogP contribution in [0.3, 0.4) is 0 Å². The normalized spacial score (nSPS) is 12.4. The van der Waals surface area contributed by atoms with Crippen LogP contribution in [0.2, 0.25) is 0 Å². The van der Waals surface area contributed by atoms with Gasteiger partial charge >= 0.3 is 0 Å². The Labute approximate surface area is 92.6 Å². The molecule has 1 rings (SSSR count). The number of hydrogen-bond acceptors (Lipinski definition) is 1. The lowest BCUT2D eigenvalue weighted by molar-refractivity contribution is -0.121. The van der Waals surface area contributed by atoms with Gasteiger partial charge in [0.1, 0.15) is 0 Å². The smallest absolute Gasteiger partial charge is 0.220 e. The topological polar surface area (TPSA) is 43.1 Å². The second kappa shape index (κ2) is 5.15. The van der Waals surface area contributed by atoms with Gasteiger partial charge in [-0.15, -0.1) is 0 Å². The fourth-order valence-electron chi connectivity index (χ4n) is 1.38. The van der Waals surface area contributed by atoms with Gasteiger partial charge in [0, 0.05) is 10.4 Å². The molecule has 1 aromatic carbocycles. The number of amides is 1. The van der Waals surface area contributed by atoms with Gasteiger partial charge in [-0.05, 0) is 24.5 Å². The van der Waals surface area contributed by atoms with Crippen molar-refractivity contribution in [1.82, 2.24) is 0 Å². The average Bonchev–Trinajstić information content (AvgIpc) is 2.16. The summed E-state index contributed by atoms with van der Waals surface area (Å²) < 4.78 is 1.04. The van der Waals surface area contributed by atoms with Crippen LogP contribution in [0.15, 0.2) is 28.7 Å². The van der Waals surface area contributed by atoms with Gasteiger partial charge < -0.3 is 5.73 Å². The minimum Gasteiger partial charge on any atom is -0.369 e. The zero-order valence-corrected chi connectivity index (χ0v) is 9.75. The Balaban J connectivity index is 2.77. The van der Waals surface area contributed by atoms with Crippen molar-refractivity contribution in [3.8, 4) is 0 Å². The minimum atomic E-state index is -0.219. The Morgan fingerprint density at radius 1 is 1.50 bits per heavy atom. The highest BCUT2D eigenvalue weighted by molar-refractivity contribution is 9.10. The molecule has 0 bridgehead atoms. The Bertz CT molecular complexity index is 325. The second-order valence-electron chi connectivity index (χ2n) is 3.30. The molecular formula is C11H14BrNO. The van der Waals surface area contributed by atoms with Crippen LogP contribution in [-0.2, 0) is 11.2 Å². The molecule has 2 N–H and O–H groups in total. The molecule has 1 atom stereocenters. The number of hydrogen-bond donors (Lipinski definition) is 1. The molecule has 0 heterocycles. The largest absolute Gasteiger partial charge is 0.369 e. The van der Waals surface area contributed by atoms with Gasteiger partial charge in [-0.25, -0.2) is 0 Å². The lowest BCUT2D eigenvalue weighted by Gasteiger charge is -2.11. The lowest BCUT2D eigenvalue weighted by Crippen LogP contribution is -2.24. The van der Waals surface area contributed by atoms with Crippen molar-refractivity contribution in [3.63, 3.8) is 0 Å². The van der Waals surface area contributed by atoms with Crippen LogP contribution in [-0.4, -0.2) is 5.91 Å². The molecule has 0 radical (unpaired) electrons. The van der Waals surface area contributed by atoms with E-state index < -0.39 is 0 Å². The molecule has 0 aliphatic rings. The molecule has 0 spiro atoms. The van der Waals surface area contributed by atoms with Crippen LogP contribution >= 0.6 is 15.9 Å². The summed E-state index contributed by atoms with van der Waals surface area (Å²) in [5.74, 6) is -0.281. The molecule has 1 unspecified atom stereocenters. The van der Waals surface area contributed by atoms with E-state index in [4.69, 9.17) is 5.73 Å².